The van der Waals surface area contributed by atoms with Crippen molar-refractivity contribution in [1.82, 2.24) is 9.78 Å². The lowest BCUT2D eigenvalue weighted by Gasteiger charge is -2.21. The molecule has 0 saturated heterocycles. The zero-order valence-electron chi connectivity index (χ0n) is 8.74. The van der Waals surface area contributed by atoms with Crippen LogP contribution in [0.1, 0.15) is 38.2 Å². The molecule has 1 aromatic rings. The van der Waals surface area contributed by atoms with Gasteiger partial charge in [0.15, 0.2) is 0 Å². The van der Waals surface area contributed by atoms with Crippen LogP contribution in [-0.2, 0) is 13.0 Å². The smallest absolute Gasteiger partial charge is 0.0842 e. The summed E-state index contributed by atoms with van der Waals surface area (Å²) >= 11 is 0. The zero-order chi connectivity index (χ0) is 10.0. The Morgan fingerprint density at radius 1 is 1.50 bits per heavy atom. The predicted molar refractivity (Wildman–Crippen MR) is 55.0 cm³/mol. The summed E-state index contributed by atoms with van der Waals surface area (Å²) in [6.07, 6.45) is 9.09. The lowest BCUT2D eigenvalue weighted by atomic mass is 10.0. The summed E-state index contributed by atoms with van der Waals surface area (Å²) < 4.78 is 1.88. The Balaban J connectivity index is 2.02. The summed E-state index contributed by atoms with van der Waals surface area (Å²) in [6.45, 7) is 2.78. The molecule has 0 bridgehead atoms. The number of hydrogen-bond acceptors (Lipinski definition) is 2. The number of hydrogen-bond donors (Lipinski definition) is 1. The van der Waals surface area contributed by atoms with Crippen molar-refractivity contribution in [2.75, 3.05) is 0 Å². The van der Waals surface area contributed by atoms with E-state index < -0.39 is 5.60 Å². The summed E-state index contributed by atoms with van der Waals surface area (Å²) in [5, 5.41) is 14.4. The number of aromatic nitrogens is 2. The Hall–Kier alpha value is -0.830. The molecule has 1 aliphatic rings. The summed E-state index contributed by atoms with van der Waals surface area (Å²) in [5.41, 5.74) is 0.753. The van der Waals surface area contributed by atoms with Gasteiger partial charge in [-0.1, -0.05) is 19.8 Å². The van der Waals surface area contributed by atoms with E-state index in [1.54, 1.807) is 0 Å². The van der Waals surface area contributed by atoms with Crippen LogP contribution in [0.4, 0.5) is 0 Å². The molecule has 1 fully saturated rings. The summed E-state index contributed by atoms with van der Waals surface area (Å²) in [6, 6.07) is 0. The van der Waals surface area contributed by atoms with E-state index in [9.17, 15) is 5.11 Å². The number of nitrogens with zero attached hydrogens (tertiary/aromatic N) is 2. The van der Waals surface area contributed by atoms with E-state index >= 15 is 0 Å². The van der Waals surface area contributed by atoms with Gasteiger partial charge in [0.05, 0.1) is 18.3 Å². The lowest BCUT2D eigenvalue weighted by Crippen LogP contribution is -2.30. The molecule has 14 heavy (non-hydrogen) atoms. The normalized spacial score (nSPS) is 20.1. The lowest BCUT2D eigenvalue weighted by molar-refractivity contribution is 0.0265. The van der Waals surface area contributed by atoms with Gasteiger partial charge in [0.1, 0.15) is 0 Å². The monoisotopic (exact) mass is 194 g/mol. The van der Waals surface area contributed by atoms with Crippen molar-refractivity contribution < 1.29 is 5.11 Å². The van der Waals surface area contributed by atoms with Crippen molar-refractivity contribution in [1.29, 1.82) is 0 Å². The van der Waals surface area contributed by atoms with Crippen LogP contribution in [0.5, 0.6) is 0 Å². The molecule has 1 aliphatic carbocycles. The van der Waals surface area contributed by atoms with Crippen molar-refractivity contribution in [3.05, 3.63) is 18.0 Å². The van der Waals surface area contributed by atoms with E-state index in [2.05, 4.69) is 12.0 Å². The van der Waals surface area contributed by atoms with Gasteiger partial charge in [0, 0.05) is 6.20 Å². The Morgan fingerprint density at radius 3 is 2.79 bits per heavy atom. The van der Waals surface area contributed by atoms with E-state index in [0.717, 1.165) is 32.1 Å². The molecule has 2 rings (SSSR count). The molecule has 0 atom stereocenters. The fraction of sp³-hybridized carbons (Fsp3) is 0.727. The van der Waals surface area contributed by atoms with Gasteiger partial charge in [-0.15, -0.1) is 0 Å². The molecule has 0 aliphatic heterocycles. The highest BCUT2D eigenvalue weighted by Crippen LogP contribution is 2.30. The molecule has 3 heteroatoms. The fourth-order valence-corrected chi connectivity index (χ4v) is 2.17. The van der Waals surface area contributed by atoms with Crippen LogP contribution in [0.2, 0.25) is 0 Å². The molecule has 0 amide bonds. The largest absolute Gasteiger partial charge is 0.388 e. The quantitative estimate of drug-likeness (QED) is 0.796. The predicted octanol–water partition coefficient (Wildman–Crippen LogP) is 1.75. The van der Waals surface area contributed by atoms with Gasteiger partial charge in [-0.25, -0.2) is 0 Å². The maximum absolute atomic E-state index is 10.2. The molecule has 0 spiro atoms. The first kappa shape index (κ1) is 9.71. The Kier molecular flexibility index (Phi) is 2.59. The van der Waals surface area contributed by atoms with Crippen LogP contribution in [0, 0.1) is 0 Å². The fourth-order valence-electron chi connectivity index (χ4n) is 2.17. The SMILES string of the molecule is CCc1cnn(CC2(O)CCCC2)c1. The average Bonchev–Trinajstić information content (AvgIpc) is 2.75. The highest BCUT2D eigenvalue weighted by molar-refractivity contribution is 5.03. The minimum absolute atomic E-state index is 0.489. The second-order valence-corrected chi connectivity index (χ2v) is 4.33. The summed E-state index contributed by atoms with van der Waals surface area (Å²) in [7, 11) is 0. The summed E-state index contributed by atoms with van der Waals surface area (Å²) in [4.78, 5) is 0. The van der Waals surface area contributed by atoms with Gasteiger partial charge < -0.3 is 5.11 Å². The zero-order valence-corrected chi connectivity index (χ0v) is 8.74. The second kappa shape index (κ2) is 3.73. The third kappa shape index (κ3) is 1.98. The number of rotatable bonds is 3. The van der Waals surface area contributed by atoms with Crippen LogP contribution in [0.25, 0.3) is 0 Å². The Bertz CT molecular complexity index is 300. The third-order valence-electron chi connectivity index (χ3n) is 3.09. The van der Waals surface area contributed by atoms with Crippen molar-refractivity contribution >= 4 is 0 Å². The molecular weight excluding hydrogens is 176 g/mol. The van der Waals surface area contributed by atoms with Gasteiger partial charge >= 0.3 is 0 Å². The van der Waals surface area contributed by atoms with Crippen LogP contribution in [0.3, 0.4) is 0 Å². The third-order valence-corrected chi connectivity index (χ3v) is 3.09. The highest BCUT2D eigenvalue weighted by atomic mass is 16.3. The van der Waals surface area contributed by atoms with Gasteiger partial charge in [-0.3, -0.25) is 4.68 Å². The molecule has 0 radical (unpaired) electrons. The van der Waals surface area contributed by atoms with Crippen LogP contribution in [-0.4, -0.2) is 20.5 Å². The molecule has 1 N–H and O–H groups in total. The molecule has 3 nitrogen and oxygen atoms in total. The first-order valence-corrected chi connectivity index (χ1v) is 5.45. The van der Waals surface area contributed by atoms with E-state index in [1.165, 1.54) is 5.56 Å². The van der Waals surface area contributed by atoms with E-state index in [4.69, 9.17) is 0 Å². The minimum atomic E-state index is -0.489. The Labute approximate surface area is 84.7 Å². The average molecular weight is 194 g/mol. The van der Waals surface area contributed by atoms with Gasteiger partial charge in [0.25, 0.3) is 0 Å². The molecule has 0 aromatic carbocycles. The van der Waals surface area contributed by atoms with Gasteiger partial charge in [-0.2, -0.15) is 5.10 Å². The van der Waals surface area contributed by atoms with E-state index in [0.29, 0.717) is 6.54 Å². The molecular formula is C11H18N2O. The van der Waals surface area contributed by atoms with Crippen LogP contribution >= 0.6 is 0 Å². The first-order valence-electron chi connectivity index (χ1n) is 5.45. The van der Waals surface area contributed by atoms with Crippen molar-refractivity contribution in [3.8, 4) is 0 Å². The van der Waals surface area contributed by atoms with E-state index in [-0.39, 0.29) is 0 Å². The Morgan fingerprint density at radius 2 is 2.21 bits per heavy atom. The second-order valence-electron chi connectivity index (χ2n) is 4.33. The molecule has 1 aromatic heterocycles. The van der Waals surface area contributed by atoms with Gasteiger partial charge in [0.2, 0.25) is 0 Å². The first-order chi connectivity index (χ1) is 6.72. The van der Waals surface area contributed by atoms with Crippen molar-refractivity contribution in [3.63, 3.8) is 0 Å². The molecule has 1 saturated carbocycles. The van der Waals surface area contributed by atoms with Crippen LogP contribution < -0.4 is 0 Å². The topological polar surface area (TPSA) is 38.0 Å². The van der Waals surface area contributed by atoms with E-state index in [1.807, 2.05) is 17.1 Å². The molecule has 0 unspecified atom stereocenters. The number of aryl methyl sites for hydroxylation is 1. The standard InChI is InChI=1S/C11H18N2O/c1-2-10-7-12-13(8-10)9-11(14)5-3-4-6-11/h7-8,14H,2-6,9H2,1H3. The number of aliphatic hydroxyl groups is 1. The molecule has 1 heterocycles. The van der Waals surface area contributed by atoms with Crippen LogP contribution in [0.15, 0.2) is 12.4 Å². The minimum Gasteiger partial charge on any atom is -0.388 e. The summed E-state index contributed by atoms with van der Waals surface area (Å²) in [5.74, 6) is 0. The highest BCUT2D eigenvalue weighted by Gasteiger charge is 2.31. The van der Waals surface area contributed by atoms with Gasteiger partial charge in [-0.05, 0) is 24.8 Å². The van der Waals surface area contributed by atoms with Crippen molar-refractivity contribution in [2.45, 2.75) is 51.2 Å². The maximum Gasteiger partial charge on any atom is 0.0842 e. The maximum atomic E-state index is 10.2. The molecule has 78 valence electrons. The van der Waals surface area contributed by atoms with Crippen molar-refractivity contribution in [2.24, 2.45) is 0 Å².